The number of rotatable bonds is 11. The molecule has 148 heavy (non-hydrogen) atoms. The molecule has 6 aromatic heterocycles. The number of para-hydroxylation sites is 4. The molecule has 0 aliphatic carbocycles. The number of aromatic nitrogens is 9. The lowest BCUT2D eigenvalue weighted by molar-refractivity contribution is 0.981. The van der Waals surface area contributed by atoms with Gasteiger partial charge in [0.15, 0.2) is 11.6 Å². The van der Waals surface area contributed by atoms with E-state index in [-0.39, 0.29) is 0 Å². The molecule has 0 saturated carbocycles. The van der Waals surface area contributed by atoms with Crippen LogP contribution < -0.4 is 0 Å². The first-order chi connectivity index (χ1) is 73.2. The van der Waals surface area contributed by atoms with E-state index in [1.807, 2.05) is 43.3 Å². The molecule has 0 radical (unpaired) electrons. The van der Waals surface area contributed by atoms with E-state index >= 15 is 0 Å². The Morgan fingerprint density at radius 2 is 0.439 bits per heavy atom. The van der Waals surface area contributed by atoms with Crippen LogP contribution in [-0.4, -0.2) is 43.6 Å². The number of nitrogens with zero attached hydrogens (tertiary/aromatic N) is 9. The molecule has 692 valence electrons. The van der Waals surface area contributed by atoms with Gasteiger partial charge in [-0.25, -0.2) is 29.9 Å². The van der Waals surface area contributed by atoms with E-state index < -0.39 is 0 Å². The minimum absolute atomic E-state index is 0.708. The summed E-state index contributed by atoms with van der Waals surface area (Å²) in [6.45, 7) is 6.18. The van der Waals surface area contributed by atoms with Gasteiger partial charge in [-0.15, -0.1) is 0 Å². The average molecular weight is 1890 g/mol. The van der Waals surface area contributed by atoms with Crippen molar-refractivity contribution in [3.63, 3.8) is 0 Å². The molecule has 0 aliphatic heterocycles. The van der Waals surface area contributed by atoms with Crippen molar-refractivity contribution >= 4 is 173 Å². The van der Waals surface area contributed by atoms with Gasteiger partial charge < -0.3 is 13.7 Å². The molecular formula is C139H91N9. The van der Waals surface area contributed by atoms with Crippen molar-refractivity contribution in [1.29, 1.82) is 0 Å². The number of benzene rings is 24. The van der Waals surface area contributed by atoms with Gasteiger partial charge in [-0.1, -0.05) is 413 Å². The van der Waals surface area contributed by atoms with E-state index in [1.165, 1.54) is 185 Å². The minimum Gasteiger partial charge on any atom is -0.309 e. The highest BCUT2D eigenvalue weighted by atomic mass is 15.0. The van der Waals surface area contributed by atoms with Crippen LogP contribution in [-0.2, 0) is 0 Å². The Bertz CT molecular complexity index is 10500. The van der Waals surface area contributed by atoms with Crippen LogP contribution in [0.3, 0.4) is 0 Å². The van der Waals surface area contributed by atoms with Crippen molar-refractivity contribution in [2.75, 3.05) is 0 Å². The molecule has 0 bridgehead atoms. The third-order valence-electron chi connectivity index (χ3n) is 30.0. The van der Waals surface area contributed by atoms with E-state index in [9.17, 15) is 0 Å². The summed E-state index contributed by atoms with van der Waals surface area (Å²) >= 11 is 0. The van der Waals surface area contributed by atoms with E-state index in [0.717, 1.165) is 101 Å². The van der Waals surface area contributed by atoms with Crippen LogP contribution >= 0.6 is 0 Å². The van der Waals surface area contributed by atoms with Gasteiger partial charge in [-0.2, -0.15) is 0 Å². The van der Waals surface area contributed by atoms with Gasteiger partial charge in [0.25, 0.3) is 0 Å². The zero-order chi connectivity index (χ0) is 98.1. The molecule has 0 aliphatic rings. The Balaban J connectivity index is 0.000000108. The standard InChI is InChI=1S/C52H33N3.C46H29N3.C41H29N3/c1-4-16-34(17-5-1)35-28-30-38(31-29-35)55-48-27-15-14-26-43(48)49-41-24-12-10-22-39(41)44-32-45(40-23-11-13-25-42(40)50(44)51(49)55)52-53-46(36-18-6-2-7-19-36)33-47(54-52)37-20-8-3-9-21-37;1-4-16-30(17-5-1)40-29-41(48-46(47-40)31-18-6-2-7-19-31)38-28-39-34-23-11-13-25-36(34)43-37-26-14-15-27-42(37)49(32-20-8-3-9-21-32)45(43)44(39)35-24-12-10-22-33(35)38;1-24-38(25(2)43-26(3)42-24)35-23-36-31-15-7-8-16-32(31)39-34-18-10-11-19-37(34)44(29-21-20-27-12-4-5-13-28(27)22-29)41(39)40(36)33-17-9-6-14-30(33)35/h1-33H;1-29H;4-23H,1-3H3. The number of hydrogen-bond acceptors (Lipinski definition) is 6. The monoisotopic (exact) mass is 1890 g/mol. The Kier molecular flexibility index (Phi) is 20.8. The molecular weight excluding hydrogens is 1800 g/mol. The van der Waals surface area contributed by atoms with Gasteiger partial charge in [-0.3, -0.25) is 0 Å². The quantitative estimate of drug-likeness (QED) is 0.120. The van der Waals surface area contributed by atoms with Crippen molar-refractivity contribution < 1.29 is 0 Å². The van der Waals surface area contributed by atoms with Crippen LogP contribution in [0.1, 0.15) is 17.2 Å². The van der Waals surface area contributed by atoms with E-state index in [2.05, 4.69) is 489 Å². The van der Waals surface area contributed by atoms with Crippen molar-refractivity contribution in [2.24, 2.45) is 0 Å². The van der Waals surface area contributed by atoms with Crippen LogP contribution in [0, 0.1) is 20.8 Å². The molecule has 0 amide bonds. The Labute approximate surface area is 853 Å². The molecule has 0 spiro atoms. The predicted octanol–water partition coefficient (Wildman–Crippen LogP) is 36.5. The molecule has 0 saturated heterocycles. The van der Waals surface area contributed by atoms with Gasteiger partial charge in [0.05, 0.1) is 55.9 Å². The van der Waals surface area contributed by atoms with Gasteiger partial charge in [-0.05, 0) is 214 Å². The molecule has 6 heterocycles. The van der Waals surface area contributed by atoms with E-state index in [0.29, 0.717) is 11.6 Å². The fraction of sp³-hybridized carbons (Fsp3) is 0.0216. The first kappa shape index (κ1) is 86.4. The smallest absolute Gasteiger partial charge is 0.161 e. The summed E-state index contributed by atoms with van der Waals surface area (Å²) in [5.74, 6) is 2.23. The van der Waals surface area contributed by atoms with Crippen molar-refractivity contribution in [3.05, 3.63) is 515 Å². The molecule has 0 unspecified atom stereocenters. The maximum absolute atomic E-state index is 5.32. The second-order valence-electron chi connectivity index (χ2n) is 38.5. The van der Waals surface area contributed by atoms with E-state index in [4.69, 9.17) is 29.9 Å². The Morgan fingerprint density at radius 3 is 0.872 bits per heavy atom. The van der Waals surface area contributed by atoms with Crippen molar-refractivity contribution in [2.45, 2.75) is 20.8 Å². The first-order valence-corrected chi connectivity index (χ1v) is 50.6. The first-order valence-electron chi connectivity index (χ1n) is 50.6. The van der Waals surface area contributed by atoms with E-state index in [1.54, 1.807) is 0 Å². The summed E-state index contributed by atoms with van der Waals surface area (Å²) in [5, 5.41) is 32.0. The maximum Gasteiger partial charge on any atom is 0.161 e. The highest BCUT2D eigenvalue weighted by Gasteiger charge is 2.29. The summed E-state index contributed by atoms with van der Waals surface area (Å²) < 4.78 is 7.42. The molecule has 30 aromatic rings. The van der Waals surface area contributed by atoms with Gasteiger partial charge in [0.2, 0.25) is 0 Å². The van der Waals surface area contributed by atoms with Gasteiger partial charge in [0, 0.05) is 116 Å². The van der Waals surface area contributed by atoms with Crippen LogP contribution in [0.5, 0.6) is 0 Å². The molecule has 30 rings (SSSR count). The summed E-state index contributed by atoms with van der Waals surface area (Å²) in [4.78, 5) is 30.6. The lowest BCUT2D eigenvalue weighted by Gasteiger charge is -2.18. The molecule has 24 aromatic carbocycles. The second kappa shape index (κ2) is 35.6. The third kappa shape index (κ3) is 14.3. The largest absolute Gasteiger partial charge is 0.309 e. The highest BCUT2D eigenvalue weighted by Crippen LogP contribution is 2.53. The fourth-order valence-electron chi connectivity index (χ4n) is 23.7. The van der Waals surface area contributed by atoms with Crippen LogP contribution in [0.4, 0.5) is 0 Å². The SMILES string of the molecule is Cc1nc(C)c(-c2cc3c4ccccc4c4c5ccccc5n(-c5ccc6ccccc6c5)c4c3c3ccccc23)c(C)n1.c1ccc(-c2cc(-c3cc4c5ccccc5c5c6ccccc6n(-c6ccccc6)c5c4c4ccccc34)nc(-c3ccccc3)n2)cc1.c1ccc(-c2ccc(-n3c4ccccc4c4c5ccccc5c5cc(-c6nc(-c7ccccc7)cc(-c7ccccc7)n6)c6ccccc6c5c43)cc2)cc1. The third-order valence-corrected chi connectivity index (χ3v) is 30.0. The lowest BCUT2D eigenvalue weighted by Crippen LogP contribution is -2.00. The summed E-state index contributed by atoms with van der Waals surface area (Å²) in [6.07, 6.45) is 0. The Hall–Kier alpha value is -19.5. The zero-order valence-electron chi connectivity index (χ0n) is 81.4. The van der Waals surface area contributed by atoms with Crippen LogP contribution in [0.25, 0.3) is 280 Å². The summed E-state index contributed by atoms with van der Waals surface area (Å²) in [7, 11) is 0. The fourth-order valence-corrected chi connectivity index (χ4v) is 23.7. The highest BCUT2D eigenvalue weighted by molar-refractivity contribution is 6.41. The minimum atomic E-state index is 0.708. The predicted molar refractivity (Wildman–Crippen MR) is 622 cm³/mol. The van der Waals surface area contributed by atoms with Gasteiger partial charge in [0.1, 0.15) is 5.82 Å². The molecule has 9 nitrogen and oxygen atoms in total. The lowest BCUT2D eigenvalue weighted by atomic mass is 9.88. The molecule has 0 fully saturated rings. The van der Waals surface area contributed by atoms with Gasteiger partial charge >= 0.3 is 0 Å². The molecule has 0 atom stereocenters. The summed E-state index contributed by atoms with van der Waals surface area (Å²) in [5.41, 5.74) is 27.3. The van der Waals surface area contributed by atoms with Crippen LogP contribution in [0.2, 0.25) is 0 Å². The average Bonchev–Trinajstić information content (AvgIpc) is 1.53. The van der Waals surface area contributed by atoms with Crippen molar-refractivity contribution in [1.82, 2.24) is 43.6 Å². The summed E-state index contributed by atoms with van der Waals surface area (Å²) in [6, 6.07) is 178. The number of hydrogen-bond donors (Lipinski definition) is 0. The topological polar surface area (TPSA) is 92.1 Å². The maximum atomic E-state index is 5.32. The second-order valence-corrected chi connectivity index (χ2v) is 38.5. The zero-order valence-corrected chi connectivity index (χ0v) is 81.4. The Morgan fingerprint density at radius 1 is 0.162 bits per heavy atom. The van der Waals surface area contributed by atoms with Crippen molar-refractivity contribution in [3.8, 4) is 107 Å². The molecule has 0 N–H and O–H groups in total. The van der Waals surface area contributed by atoms with Crippen LogP contribution in [0.15, 0.2) is 497 Å². The number of aryl methyl sites for hydroxylation is 3. The number of fused-ring (bicyclic) bond motifs is 31. The normalized spacial score (nSPS) is 11.8. The molecule has 9 heteroatoms.